The first-order valence-corrected chi connectivity index (χ1v) is 11.0. The van der Waals surface area contributed by atoms with Crippen LogP contribution in [0.25, 0.3) is 10.2 Å². The number of furan rings is 1. The van der Waals surface area contributed by atoms with Crippen molar-refractivity contribution in [1.82, 2.24) is 4.98 Å². The number of hydrogen-bond donors (Lipinski definition) is 0. The first kappa shape index (κ1) is 19.5. The quantitative estimate of drug-likeness (QED) is 0.311. The Morgan fingerprint density at radius 1 is 1.16 bits per heavy atom. The van der Waals surface area contributed by atoms with E-state index in [0.29, 0.717) is 16.5 Å². The molecule has 6 nitrogen and oxygen atoms in total. The smallest absolute Gasteiger partial charge is 0.280 e. The molecule has 2 heterocycles. The predicted molar refractivity (Wildman–Crippen MR) is 122 cm³/mol. The Kier molecular flexibility index (Phi) is 5.26. The summed E-state index contributed by atoms with van der Waals surface area (Å²) in [7, 11) is 1.63. The van der Waals surface area contributed by atoms with Crippen molar-refractivity contribution in [2.45, 2.75) is 25.7 Å². The lowest BCUT2D eigenvalue weighted by Crippen LogP contribution is -2.26. The Labute approximate surface area is 183 Å². The second kappa shape index (κ2) is 8.35. The maximum Gasteiger partial charge on any atom is 0.280 e. The summed E-state index contributed by atoms with van der Waals surface area (Å²) in [5.74, 6) is 1.09. The molecular weight excluding hydrogens is 410 g/mol. The fourth-order valence-corrected chi connectivity index (χ4v) is 4.72. The van der Waals surface area contributed by atoms with Crippen molar-refractivity contribution in [2.24, 2.45) is 5.10 Å². The molecular formula is C24H21N3O3S. The number of ether oxygens (including phenoxy) is 1. The zero-order chi connectivity index (χ0) is 21.2. The summed E-state index contributed by atoms with van der Waals surface area (Å²) in [4.78, 5) is 18.2. The summed E-state index contributed by atoms with van der Waals surface area (Å²) in [6, 6.07) is 15.2. The molecule has 1 amide bonds. The van der Waals surface area contributed by atoms with Crippen LogP contribution in [0.1, 0.15) is 40.1 Å². The molecule has 4 aromatic rings. The molecule has 0 N–H and O–H groups in total. The van der Waals surface area contributed by atoms with Crippen molar-refractivity contribution in [3.05, 3.63) is 77.2 Å². The highest BCUT2D eigenvalue weighted by atomic mass is 32.1. The number of anilines is 1. The van der Waals surface area contributed by atoms with Crippen LogP contribution in [-0.4, -0.2) is 24.2 Å². The molecule has 5 rings (SSSR count). The second-order valence-corrected chi connectivity index (χ2v) is 8.41. The minimum atomic E-state index is -0.220. The summed E-state index contributed by atoms with van der Waals surface area (Å²) >= 11 is 1.39. The standard InChI is InChI=1S/C24H21N3O3S/c1-29-19-10-11-21-22(14-19)31-24(26-21)27(25-15-20-7-4-12-30-20)23(28)18-9-8-16-5-2-3-6-17(16)13-18/h4,7-15H,2-3,5-6H2,1H3/b25-15+. The summed E-state index contributed by atoms with van der Waals surface area (Å²) in [5.41, 5.74) is 3.98. The molecule has 7 heteroatoms. The van der Waals surface area contributed by atoms with E-state index in [4.69, 9.17) is 9.15 Å². The van der Waals surface area contributed by atoms with E-state index in [-0.39, 0.29) is 5.91 Å². The maximum absolute atomic E-state index is 13.5. The maximum atomic E-state index is 13.5. The fraction of sp³-hybridized carbons (Fsp3) is 0.208. The van der Waals surface area contributed by atoms with E-state index in [1.807, 2.05) is 30.3 Å². The topological polar surface area (TPSA) is 67.9 Å². The highest BCUT2D eigenvalue weighted by Gasteiger charge is 2.23. The van der Waals surface area contributed by atoms with Crippen LogP contribution in [0.4, 0.5) is 5.13 Å². The van der Waals surface area contributed by atoms with Gasteiger partial charge < -0.3 is 9.15 Å². The van der Waals surface area contributed by atoms with E-state index in [1.165, 1.54) is 40.1 Å². The number of hydrazone groups is 1. The van der Waals surface area contributed by atoms with Crippen LogP contribution in [0.2, 0.25) is 0 Å². The van der Waals surface area contributed by atoms with E-state index in [1.54, 1.807) is 25.5 Å². The van der Waals surface area contributed by atoms with Crippen molar-refractivity contribution < 1.29 is 13.9 Å². The Hall–Kier alpha value is -3.45. The second-order valence-electron chi connectivity index (χ2n) is 7.40. The number of fused-ring (bicyclic) bond motifs is 2. The summed E-state index contributed by atoms with van der Waals surface area (Å²) in [6.07, 6.45) is 7.54. The molecule has 0 radical (unpaired) electrons. The fourth-order valence-electron chi connectivity index (χ4n) is 3.77. The van der Waals surface area contributed by atoms with Crippen molar-refractivity contribution >= 4 is 38.8 Å². The SMILES string of the molecule is COc1ccc2nc(N(/N=C/c3ccco3)C(=O)c3ccc4c(c3)CCCC4)sc2c1. The highest BCUT2D eigenvalue weighted by Crippen LogP contribution is 2.33. The van der Waals surface area contributed by atoms with E-state index in [9.17, 15) is 4.79 Å². The zero-order valence-electron chi connectivity index (χ0n) is 17.1. The number of thiazole rings is 1. The lowest BCUT2D eigenvalue weighted by Gasteiger charge is -2.18. The molecule has 156 valence electrons. The number of aromatic nitrogens is 1. The van der Waals surface area contributed by atoms with Crippen LogP contribution in [0.15, 0.2) is 64.3 Å². The third kappa shape index (κ3) is 3.96. The van der Waals surface area contributed by atoms with Gasteiger partial charge in [0.25, 0.3) is 5.91 Å². The highest BCUT2D eigenvalue weighted by molar-refractivity contribution is 7.22. The zero-order valence-corrected chi connectivity index (χ0v) is 17.9. The largest absolute Gasteiger partial charge is 0.497 e. The third-order valence-electron chi connectivity index (χ3n) is 5.40. The molecule has 0 saturated carbocycles. The Bertz CT molecular complexity index is 1260. The van der Waals surface area contributed by atoms with E-state index in [0.717, 1.165) is 35.2 Å². The number of carbonyl (C=O) groups excluding carboxylic acids is 1. The molecule has 0 spiro atoms. The van der Waals surface area contributed by atoms with Gasteiger partial charge in [-0.15, -0.1) is 0 Å². The molecule has 0 atom stereocenters. The lowest BCUT2D eigenvalue weighted by molar-refractivity contribution is 0.0987. The van der Waals surface area contributed by atoms with Gasteiger partial charge in [-0.3, -0.25) is 4.79 Å². The summed E-state index contributed by atoms with van der Waals surface area (Å²) < 4.78 is 11.6. The van der Waals surface area contributed by atoms with Gasteiger partial charge in [0, 0.05) is 5.56 Å². The number of aryl methyl sites for hydroxylation is 2. The summed E-state index contributed by atoms with van der Waals surface area (Å²) in [6.45, 7) is 0. The normalized spacial score (nSPS) is 13.5. The van der Waals surface area contributed by atoms with E-state index >= 15 is 0 Å². The van der Waals surface area contributed by atoms with Crippen LogP contribution in [0.5, 0.6) is 5.75 Å². The molecule has 31 heavy (non-hydrogen) atoms. The number of carbonyl (C=O) groups is 1. The molecule has 2 aromatic heterocycles. The molecule has 1 aliphatic carbocycles. The lowest BCUT2D eigenvalue weighted by atomic mass is 9.90. The molecule has 0 bridgehead atoms. The predicted octanol–water partition coefficient (Wildman–Crippen LogP) is 5.46. The van der Waals surface area contributed by atoms with Crippen molar-refractivity contribution in [3.8, 4) is 5.75 Å². The number of methoxy groups -OCH3 is 1. The van der Waals surface area contributed by atoms with E-state index in [2.05, 4.69) is 16.2 Å². The number of amides is 1. The van der Waals surface area contributed by atoms with Gasteiger partial charge in [0.05, 0.1) is 29.8 Å². The molecule has 0 unspecified atom stereocenters. The van der Waals surface area contributed by atoms with Crippen molar-refractivity contribution in [1.29, 1.82) is 0 Å². The number of rotatable bonds is 5. The van der Waals surface area contributed by atoms with Gasteiger partial charge in [-0.1, -0.05) is 17.4 Å². The van der Waals surface area contributed by atoms with Gasteiger partial charge in [-0.25, -0.2) is 4.98 Å². The average Bonchev–Trinajstić information content (AvgIpc) is 3.48. The first-order chi connectivity index (χ1) is 15.2. The van der Waals surface area contributed by atoms with Crippen molar-refractivity contribution in [2.75, 3.05) is 12.1 Å². The number of nitrogens with zero attached hydrogens (tertiary/aromatic N) is 3. The monoisotopic (exact) mass is 431 g/mol. The van der Waals surface area contributed by atoms with Crippen LogP contribution in [0.3, 0.4) is 0 Å². The summed E-state index contributed by atoms with van der Waals surface area (Å²) in [5, 5.41) is 6.29. The Morgan fingerprint density at radius 2 is 2.03 bits per heavy atom. The molecule has 2 aromatic carbocycles. The number of hydrogen-bond acceptors (Lipinski definition) is 6. The van der Waals surface area contributed by atoms with Gasteiger partial charge >= 0.3 is 0 Å². The van der Waals surface area contributed by atoms with Crippen LogP contribution in [-0.2, 0) is 12.8 Å². The molecule has 0 fully saturated rings. The van der Waals surface area contributed by atoms with Gasteiger partial charge in [-0.2, -0.15) is 10.1 Å². The minimum absolute atomic E-state index is 0.220. The van der Waals surface area contributed by atoms with E-state index < -0.39 is 0 Å². The van der Waals surface area contributed by atoms with Gasteiger partial charge in [0.15, 0.2) is 0 Å². The average molecular weight is 432 g/mol. The van der Waals surface area contributed by atoms with Crippen molar-refractivity contribution in [3.63, 3.8) is 0 Å². The first-order valence-electron chi connectivity index (χ1n) is 10.2. The van der Waals surface area contributed by atoms with Gasteiger partial charge in [-0.05, 0) is 79.3 Å². The molecule has 1 aliphatic rings. The third-order valence-corrected chi connectivity index (χ3v) is 6.39. The van der Waals surface area contributed by atoms with Gasteiger partial charge in [0.1, 0.15) is 11.5 Å². The number of benzene rings is 2. The van der Waals surface area contributed by atoms with Crippen LogP contribution < -0.4 is 9.75 Å². The van der Waals surface area contributed by atoms with Crippen LogP contribution >= 0.6 is 11.3 Å². The Balaban J connectivity index is 1.54. The Morgan fingerprint density at radius 3 is 2.84 bits per heavy atom. The van der Waals surface area contributed by atoms with Crippen LogP contribution in [0, 0.1) is 0 Å². The molecule has 0 saturated heterocycles. The molecule has 0 aliphatic heterocycles. The van der Waals surface area contributed by atoms with Gasteiger partial charge in [0.2, 0.25) is 5.13 Å². The minimum Gasteiger partial charge on any atom is -0.497 e.